The second kappa shape index (κ2) is 3.17. The molecule has 0 spiro atoms. The zero-order valence-electron chi connectivity index (χ0n) is 6.03. The number of hydrogen-bond acceptors (Lipinski definition) is 1. The third-order valence-electron chi connectivity index (χ3n) is 1.32. The van der Waals surface area contributed by atoms with Gasteiger partial charge in [0.25, 0.3) is 0 Å². The van der Waals surface area contributed by atoms with Crippen molar-refractivity contribution in [1.82, 2.24) is 4.57 Å². The number of nitrogens with zero attached hydrogens (tertiary/aromatic N) is 1. The van der Waals surface area contributed by atoms with Crippen molar-refractivity contribution in [2.75, 3.05) is 7.05 Å². The van der Waals surface area contributed by atoms with E-state index in [1.54, 1.807) is 0 Å². The van der Waals surface area contributed by atoms with Crippen LogP contribution in [0.25, 0.3) is 0 Å². The SMILES string of the molecule is CN([SiH2]I)C(C)(C)C. The maximum Gasteiger partial charge on any atom is 0.166 e. The van der Waals surface area contributed by atoms with E-state index in [1.165, 1.54) is 0 Å². The van der Waals surface area contributed by atoms with Gasteiger partial charge in [-0.1, -0.05) is 0 Å². The lowest BCUT2D eigenvalue weighted by molar-refractivity contribution is 0.305. The molecule has 0 saturated heterocycles. The highest BCUT2D eigenvalue weighted by atomic mass is 127. The Bertz CT molecular complexity index is 69.3. The molecule has 0 radical (unpaired) electrons. The molecular weight excluding hydrogens is 229 g/mol. The molecule has 0 aliphatic carbocycles. The molecule has 0 unspecified atom stereocenters. The topological polar surface area (TPSA) is 3.24 Å². The molecule has 0 N–H and O–H groups in total. The van der Waals surface area contributed by atoms with Gasteiger partial charge >= 0.3 is 0 Å². The van der Waals surface area contributed by atoms with Gasteiger partial charge in [0.05, 0.1) is 0 Å². The Hall–Kier alpha value is 0.907. The average Bonchev–Trinajstić information content (AvgIpc) is 1.62. The molecule has 0 heterocycles. The molecule has 8 heavy (non-hydrogen) atoms. The van der Waals surface area contributed by atoms with Crippen molar-refractivity contribution in [2.24, 2.45) is 0 Å². The lowest BCUT2D eigenvalue weighted by Crippen LogP contribution is -2.38. The van der Waals surface area contributed by atoms with Gasteiger partial charge in [0.15, 0.2) is 7.18 Å². The number of halogens is 1. The Morgan fingerprint density at radius 2 is 1.75 bits per heavy atom. The van der Waals surface area contributed by atoms with Gasteiger partial charge < -0.3 is 4.57 Å². The molecule has 0 aromatic rings. The Morgan fingerprint density at radius 3 is 1.75 bits per heavy atom. The van der Waals surface area contributed by atoms with Crippen LogP contribution in [0.3, 0.4) is 0 Å². The summed E-state index contributed by atoms with van der Waals surface area (Å²) in [5.74, 6) is 0. The van der Waals surface area contributed by atoms with Gasteiger partial charge in [-0.15, -0.1) is 21.8 Å². The summed E-state index contributed by atoms with van der Waals surface area (Å²) in [6.07, 6.45) is 0. The molecule has 3 heteroatoms. The zero-order valence-corrected chi connectivity index (χ0v) is 9.60. The first-order chi connectivity index (χ1) is 3.48. The molecular formula is C5H14INSi. The molecule has 1 nitrogen and oxygen atoms in total. The minimum absolute atomic E-state index is 0.0375. The predicted octanol–water partition coefficient (Wildman–Crippen LogP) is 1.15. The standard InChI is InChI=1S/C5H14INSi/c1-5(2,3)7(4)8-6/h8H2,1-4H3. The van der Waals surface area contributed by atoms with Crippen LogP contribution in [0, 0.1) is 0 Å². The van der Waals surface area contributed by atoms with Crippen molar-refractivity contribution < 1.29 is 0 Å². The summed E-state index contributed by atoms with van der Waals surface area (Å²) in [5, 5.41) is 0. The summed E-state index contributed by atoms with van der Waals surface area (Å²) in [7, 11) is 2.23. The quantitative estimate of drug-likeness (QED) is 0.379. The highest BCUT2D eigenvalue weighted by Gasteiger charge is 2.14. The molecule has 0 aromatic heterocycles. The van der Waals surface area contributed by atoms with E-state index in [0.29, 0.717) is 5.54 Å². The van der Waals surface area contributed by atoms with E-state index < -0.39 is 0 Å². The van der Waals surface area contributed by atoms with Gasteiger partial charge in [-0.2, -0.15) is 0 Å². The normalized spacial score (nSPS) is 14.2. The summed E-state index contributed by atoms with van der Waals surface area (Å²) in [5.41, 5.74) is 0.396. The largest absolute Gasteiger partial charge is 0.319 e. The summed E-state index contributed by atoms with van der Waals surface area (Å²) < 4.78 is 2.44. The highest BCUT2D eigenvalue weighted by molar-refractivity contribution is 14.1. The van der Waals surface area contributed by atoms with Crippen molar-refractivity contribution in [3.63, 3.8) is 0 Å². The lowest BCUT2D eigenvalue weighted by Gasteiger charge is -2.29. The van der Waals surface area contributed by atoms with E-state index in [0.717, 1.165) is 0 Å². The van der Waals surface area contributed by atoms with Crippen molar-refractivity contribution in [3.8, 4) is 0 Å². The minimum atomic E-state index is 0.0375. The molecule has 0 aliphatic heterocycles. The van der Waals surface area contributed by atoms with E-state index in [-0.39, 0.29) is 7.18 Å². The molecule has 0 aliphatic rings. The second-order valence-electron chi connectivity index (χ2n) is 2.99. The van der Waals surface area contributed by atoms with Crippen molar-refractivity contribution in [3.05, 3.63) is 0 Å². The van der Waals surface area contributed by atoms with E-state index in [9.17, 15) is 0 Å². The minimum Gasteiger partial charge on any atom is -0.319 e. The third-order valence-corrected chi connectivity index (χ3v) is 5.70. The van der Waals surface area contributed by atoms with Crippen LogP contribution in [-0.2, 0) is 0 Å². The van der Waals surface area contributed by atoms with Crippen LogP contribution in [0.1, 0.15) is 20.8 Å². The van der Waals surface area contributed by atoms with Crippen LogP contribution in [0.4, 0.5) is 0 Å². The summed E-state index contributed by atoms with van der Waals surface area (Å²) in [6.45, 7) is 6.75. The summed E-state index contributed by atoms with van der Waals surface area (Å²) in [6, 6.07) is 0. The molecule has 0 aromatic carbocycles. The first kappa shape index (κ1) is 8.91. The van der Waals surface area contributed by atoms with Crippen molar-refractivity contribution in [1.29, 1.82) is 0 Å². The molecule has 0 fully saturated rings. The monoisotopic (exact) mass is 243 g/mol. The number of rotatable bonds is 1. The van der Waals surface area contributed by atoms with Gasteiger partial charge in [0.2, 0.25) is 0 Å². The fourth-order valence-corrected chi connectivity index (χ4v) is 3.61. The summed E-state index contributed by atoms with van der Waals surface area (Å²) in [4.78, 5) is 0. The van der Waals surface area contributed by atoms with Gasteiger partial charge in [-0.25, -0.2) is 0 Å². The zero-order chi connectivity index (χ0) is 6.78. The van der Waals surface area contributed by atoms with Crippen LogP contribution in [0.15, 0.2) is 0 Å². The first-order valence-electron chi connectivity index (χ1n) is 2.75. The van der Waals surface area contributed by atoms with Crippen molar-refractivity contribution in [2.45, 2.75) is 26.3 Å². The Labute approximate surface area is 66.9 Å². The van der Waals surface area contributed by atoms with Gasteiger partial charge in [0.1, 0.15) is 0 Å². The molecule has 0 atom stereocenters. The van der Waals surface area contributed by atoms with Gasteiger partial charge in [0, 0.05) is 5.54 Å². The van der Waals surface area contributed by atoms with Crippen LogP contribution < -0.4 is 0 Å². The molecule has 50 valence electrons. The summed E-state index contributed by atoms with van der Waals surface area (Å²) >= 11 is 2.50. The fourth-order valence-electron chi connectivity index (χ4n) is 0.179. The van der Waals surface area contributed by atoms with E-state index in [2.05, 4.69) is 54.2 Å². The van der Waals surface area contributed by atoms with Crippen molar-refractivity contribution >= 4 is 29.0 Å². The molecule has 0 amide bonds. The lowest BCUT2D eigenvalue weighted by atomic mass is 10.1. The van der Waals surface area contributed by atoms with Gasteiger partial charge in [-0.3, -0.25) is 0 Å². The molecule has 0 bridgehead atoms. The maximum absolute atomic E-state index is 2.50. The predicted molar refractivity (Wildman–Crippen MR) is 50.1 cm³/mol. The van der Waals surface area contributed by atoms with Crippen LogP contribution in [0.5, 0.6) is 0 Å². The highest BCUT2D eigenvalue weighted by Crippen LogP contribution is 2.09. The fraction of sp³-hybridized carbons (Fsp3) is 1.00. The molecule has 0 rings (SSSR count). The van der Waals surface area contributed by atoms with E-state index in [4.69, 9.17) is 0 Å². The Balaban J connectivity index is 3.62. The van der Waals surface area contributed by atoms with Crippen LogP contribution in [0.2, 0.25) is 0 Å². The Morgan fingerprint density at radius 1 is 1.38 bits per heavy atom. The second-order valence-corrected chi connectivity index (χ2v) is 6.22. The van der Waals surface area contributed by atoms with E-state index in [1.807, 2.05) is 0 Å². The maximum atomic E-state index is 2.50. The third kappa shape index (κ3) is 3.04. The van der Waals surface area contributed by atoms with Crippen LogP contribution in [-0.4, -0.2) is 24.3 Å². The Kier molecular flexibility index (Phi) is 3.53. The van der Waals surface area contributed by atoms with Crippen LogP contribution >= 0.6 is 21.8 Å². The first-order valence-corrected chi connectivity index (χ1v) is 8.50. The van der Waals surface area contributed by atoms with E-state index >= 15 is 0 Å². The smallest absolute Gasteiger partial charge is 0.166 e. The van der Waals surface area contributed by atoms with Gasteiger partial charge in [-0.05, 0) is 27.8 Å². The average molecular weight is 243 g/mol. The number of hydrogen-bond donors (Lipinski definition) is 0. The molecule has 0 saturated carbocycles.